The van der Waals surface area contributed by atoms with E-state index in [1.165, 1.54) is 19.2 Å². The summed E-state index contributed by atoms with van der Waals surface area (Å²) in [6, 6.07) is 15.3. The molecule has 14 heteroatoms. The zero-order valence-electron chi connectivity index (χ0n) is 26.8. The van der Waals surface area contributed by atoms with Crippen molar-refractivity contribution in [3.63, 3.8) is 0 Å². The van der Waals surface area contributed by atoms with Gasteiger partial charge >= 0.3 is 12.1 Å². The molecular weight excluding hydrogens is 643 g/mol. The van der Waals surface area contributed by atoms with Gasteiger partial charge in [-0.2, -0.15) is 13.2 Å². The smallest absolute Gasteiger partial charge is 0.416 e. The van der Waals surface area contributed by atoms with Gasteiger partial charge in [0.05, 0.1) is 42.1 Å². The molecule has 1 aliphatic rings. The molecular formula is C35H32F3N5O6. The van der Waals surface area contributed by atoms with Crippen LogP contribution in [0.4, 0.5) is 24.5 Å². The molecule has 1 atom stereocenters. The summed E-state index contributed by atoms with van der Waals surface area (Å²) in [5, 5.41) is 8.44. The van der Waals surface area contributed by atoms with Gasteiger partial charge in [0.25, 0.3) is 11.8 Å². The van der Waals surface area contributed by atoms with Crippen LogP contribution in [0.15, 0.2) is 66.7 Å². The van der Waals surface area contributed by atoms with Crippen molar-refractivity contribution < 1.29 is 41.8 Å². The molecule has 11 nitrogen and oxygen atoms in total. The van der Waals surface area contributed by atoms with E-state index >= 15 is 0 Å². The summed E-state index contributed by atoms with van der Waals surface area (Å²) < 4.78 is 52.0. The van der Waals surface area contributed by atoms with E-state index in [-0.39, 0.29) is 17.7 Å². The number of esters is 1. The minimum Gasteiger partial charge on any atom is -0.465 e. The van der Waals surface area contributed by atoms with Crippen molar-refractivity contribution in [1.29, 1.82) is 0 Å². The molecule has 1 aromatic heterocycles. The summed E-state index contributed by atoms with van der Waals surface area (Å²) >= 11 is 0. The van der Waals surface area contributed by atoms with Crippen molar-refractivity contribution in [2.24, 2.45) is 5.73 Å². The second kappa shape index (κ2) is 13.7. The molecule has 2 heterocycles. The van der Waals surface area contributed by atoms with Crippen LogP contribution in [0.3, 0.4) is 0 Å². The third-order valence-electron chi connectivity index (χ3n) is 8.01. The van der Waals surface area contributed by atoms with Gasteiger partial charge in [0.15, 0.2) is 0 Å². The van der Waals surface area contributed by atoms with Gasteiger partial charge in [-0.15, -0.1) is 0 Å². The number of amides is 3. The number of hydrogen-bond donors (Lipinski definition) is 4. The first-order valence-electron chi connectivity index (χ1n) is 14.9. The second-order valence-electron chi connectivity index (χ2n) is 11.2. The minimum absolute atomic E-state index is 0.0815. The van der Waals surface area contributed by atoms with Crippen LogP contribution in [0, 0.1) is 13.8 Å². The van der Waals surface area contributed by atoms with Gasteiger partial charge in [0, 0.05) is 40.3 Å². The number of ether oxygens (including phenoxy) is 2. The lowest BCUT2D eigenvalue weighted by Gasteiger charge is -2.21. The Balaban J connectivity index is 1.42. The molecule has 0 fully saturated rings. The largest absolute Gasteiger partial charge is 0.465 e. The van der Waals surface area contributed by atoms with Gasteiger partial charge < -0.3 is 30.4 Å². The number of rotatable bonds is 10. The summed E-state index contributed by atoms with van der Waals surface area (Å²) in [5.41, 5.74) is 7.86. The van der Waals surface area contributed by atoms with Gasteiger partial charge in [-0.3, -0.25) is 19.7 Å². The lowest BCUT2D eigenvalue weighted by Crippen LogP contribution is -2.30. The van der Waals surface area contributed by atoms with E-state index < -0.39 is 41.6 Å². The minimum atomic E-state index is -4.59. The van der Waals surface area contributed by atoms with E-state index in [9.17, 15) is 32.3 Å². The number of nitrogens with zero attached hydrogens (tertiary/aromatic N) is 1. The molecule has 5 N–H and O–H groups in total. The number of aromatic nitrogens is 1. The maximum absolute atomic E-state index is 13.3. The number of nitrogens with one attached hydrogen (secondary N) is 3. The van der Waals surface area contributed by atoms with E-state index in [1.54, 1.807) is 67.9 Å². The van der Waals surface area contributed by atoms with Crippen LogP contribution in [0.25, 0.3) is 11.6 Å². The van der Waals surface area contributed by atoms with Gasteiger partial charge in [-0.1, -0.05) is 12.1 Å². The standard InChI is InChI=1S/C35H32F3N5O6/c1-18-28(43(30(40-3)17-29(39)44)19(2)31(18)34(47)48-4)16-26-25-12-11-24(15-27(25)42-33(26)46)49-23-10-6-9-22(14-23)41-32(45)20-7-5-8-21(13-20)35(36,37)38/h5-16,30,40H,17H2,1-4H3,(H2,39,44)(H,41,45)(H,42,46). The normalized spacial score (nSPS) is 13.9. The van der Waals surface area contributed by atoms with Crippen LogP contribution in [0.5, 0.6) is 11.5 Å². The molecule has 0 saturated heterocycles. The first kappa shape index (κ1) is 34.4. The lowest BCUT2D eigenvalue weighted by molar-refractivity contribution is -0.137. The first-order chi connectivity index (χ1) is 23.2. The number of alkyl halides is 3. The predicted octanol–water partition coefficient (Wildman–Crippen LogP) is 6.04. The fourth-order valence-corrected chi connectivity index (χ4v) is 5.71. The van der Waals surface area contributed by atoms with Crippen molar-refractivity contribution in [2.45, 2.75) is 32.6 Å². The fraction of sp³-hybridized carbons (Fsp3) is 0.200. The number of halogens is 3. The number of benzene rings is 3. The van der Waals surface area contributed by atoms with Gasteiger partial charge in [0.2, 0.25) is 5.91 Å². The number of anilines is 2. The number of fused-ring (bicyclic) bond motifs is 1. The average molecular weight is 676 g/mol. The van der Waals surface area contributed by atoms with Crippen LogP contribution in [0.1, 0.15) is 61.4 Å². The summed E-state index contributed by atoms with van der Waals surface area (Å²) in [6.45, 7) is 3.44. The van der Waals surface area contributed by atoms with Crippen LogP contribution < -0.4 is 26.4 Å². The highest BCUT2D eigenvalue weighted by atomic mass is 19.4. The van der Waals surface area contributed by atoms with Crippen LogP contribution >= 0.6 is 0 Å². The van der Waals surface area contributed by atoms with E-state index in [0.29, 0.717) is 50.8 Å². The molecule has 0 radical (unpaired) electrons. The maximum atomic E-state index is 13.3. The van der Waals surface area contributed by atoms with E-state index in [2.05, 4.69) is 16.0 Å². The van der Waals surface area contributed by atoms with Crippen molar-refractivity contribution in [3.8, 4) is 11.5 Å². The van der Waals surface area contributed by atoms with Crippen molar-refractivity contribution >= 4 is 46.7 Å². The number of nitrogens with two attached hydrogens (primary N) is 1. The molecule has 49 heavy (non-hydrogen) atoms. The van der Waals surface area contributed by atoms with Crippen molar-refractivity contribution in [3.05, 3.63) is 106 Å². The van der Waals surface area contributed by atoms with Crippen molar-refractivity contribution in [2.75, 3.05) is 24.8 Å². The van der Waals surface area contributed by atoms with Gasteiger partial charge in [-0.05, 0) is 75.0 Å². The quantitative estimate of drug-likeness (QED) is 0.118. The van der Waals surface area contributed by atoms with Gasteiger partial charge in [-0.25, -0.2) is 4.79 Å². The fourth-order valence-electron chi connectivity index (χ4n) is 5.71. The zero-order valence-corrected chi connectivity index (χ0v) is 26.8. The number of hydrogen-bond acceptors (Lipinski definition) is 7. The molecule has 3 amide bonds. The van der Waals surface area contributed by atoms with Crippen LogP contribution in [-0.2, 0) is 20.5 Å². The summed E-state index contributed by atoms with van der Waals surface area (Å²) in [6.07, 6.45) is -3.65. The van der Waals surface area contributed by atoms with Crippen LogP contribution in [-0.4, -0.2) is 42.4 Å². The van der Waals surface area contributed by atoms with Crippen LogP contribution in [0.2, 0.25) is 0 Å². The number of carbonyl (C=O) groups is 4. The monoisotopic (exact) mass is 675 g/mol. The summed E-state index contributed by atoms with van der Waals surface area (Å²) in [7, 11) is 2.92. The molecule has 0 aliphatic carbocycles. The number of methoxy groups -OCH3 is 1. The molecule has 4 aromatic rings. The number of carbonyl (C=O) groups excluding carboxylic acids is 4. The molecule has 1 aliphatic heterocycles. The Morgan fingerprint density at radius 2 is 1.73 bits per heavy atom. The molecule has 0 saturated carbocycles. The predicted molar refractivity (Wildman–Crippen MR) is 176 cm³/mol. The molecule has 0 bridgehead atoms. The Morgan fingerprint density at radius 1 is 1.02 bits per heavy atom. The second-order valence-corrected chi connectivity index (χ2v) is 11.2. The molecule has 3 aromatic carbocycles. The highest BCUT2D eigenvalue weighted by Gasteiger charge is 2.32. The highest BCUT2D eigenvalue weighted by Crippen LogP contribution is 2.39. The topological polar surface area (TPSA) is 154 Å². The first-order valence-corrected chi connectivity index (χ1v) is 14.9. The number of primary amides is 1. The summed E-state index contributed by atoms with van der Waals surface area (Å²) in [4.78, 5) is 50.5. The molecule has 1 unspecified atom stereocenters. The highest BCUT2D eigenvalue weighted by molar-refractivity contribution is 6.35. The third kappa shape index (κ3) is 7.18. The Hall–Kier alpha value is -5.89. The van der Waals surface area contributed by atoms with Crippen molar-refractivity contribution in [1.82, 2.24) is 9.88 Å². The lowest BCUT2D eigenvalue weighted by atomic mass is 10.0. The maximum Gasteiger partial charge on any atom is 0.416 e. The molecule has 0 spiro atoms. The van der Waals surface area contributed by atoms with Gasteiger partial charge in [0.1, 0.15) is 11.5 Å². The SMILES string of the molecule is CNC(CC(N)=O)n1c(C)c(C(=O)OC)c(C)c1C=C1C(=O)Nc2cc(Oc3cccc(NC(=O)c4cccc(C(F)(F)F)c4)c3)ccc21. The molecule has 254 valence electrons. The van der Waals surface area contributed by atoms with E-state index in [1.807, 2.05) is 0 Å². The van der Waals surface area contributed by atoms with E-state index in [4.69, 9.17) is 15.2 Å². The third-order valence-corrected chi connectivity index (χ3v) is 8.01. The Bertz CT molecular complexity index is 2020. The Labute approximate surface area is 278 Å². The Morgan fingerprint density at radius 3 is 2.41 bits per heavy atom. The van der Waals surface area contributed by atoms with E-state index in [0.717, 1.165) is 18.2 Å². The average Bonchev–Trinajstić information content (AvgIpc) is 3.49. The summed E-state index contributed by atoms with van der Waals surface area (Å²) in [5.74, 6) is -1.61. The molecule has 5 rings (SSSR count). The zero-order chi connectivity index (χ0) is 35.6. The Kier molecular flexibility index (Phi) is 9.62.